The van der Waals surface area contributed by atoms with Gasteiger partial charge in [0.05, 0.1) is 55.4 Å². The first-order chi connectivity index (χ1) is 28.6. The molecule has 0 radical (unpaired) electrons. The minimum atomic E-state index is -0.694. The van der Waals surface area contributed by atoms with Gasteiger partial charge in [0.1, 0.15) is 17.7 Å². The van der Waals surface area contributed by atoms with Crippen LogP contribution in [0.25, 0.3) is 44.3 Å². The maximum atomic E-state index is 13.6. The average Bonchev–Trinajstić information content (AvgIpc) is 4.05. The average molecular weight is 810 g/mol. The van der Waals surface area contributed by atoms with Gasteiger partial charge in [-0.05, 0) is 80.5 Å². The fraction of sp³-hybridized carbons (Fsp3) is 0.465. The number of alkyl carbamates (subject to hydrolysis) is 2. The number of unbranched alkanes of at least 4 members (excludes halogenated alkanes) is 1. The highest BCUT2D eigenvalue weighted by Gasteiger charge is 2.37. The zero-order valence-electron chi connectivity index (χ0n) is 34.3. The van der Waals surface area contributed by atoms with Gasteiger partial charge in [0.25, 0.3) is 0 Å². The van der Waals surface area contributed by atoms with Crippen LogP contribution in [0.3, 0.4) is 0 Å². The third-order valence-electron chi connectivity index (χ3n) is 10.5. The van der Waals surface area contributed by atoms with Crippen LogP contribution >= 0.6 is 0 Å². The summed E-state index contributed by atoms with van der Waals surface area (Å²) in [6, 6.07) is 13.4. The predicted molar refractivity (Wildman–Crippen MR) is 223 cm³/mol. The Morgan fingerprint density at radius 2 is 1.66 bits per heavy atom. The number of hydrogen-bond acceptors (Lipinski definition) is 10. The Labute approximate surface area is 343 Å². The summed E-state index contributed by atoms with van der Waals surface area (Å²) < 4.78 is 14.3. The van der Waals surface area contributed by atoms with Crippen LogP contribution in [0.4, 0.5) is 9.59 Å². The van der Waals surface area contributed by atoms with Gasteiger partial charge in [-0.2, -0.15) is 0 Å². The predicted octanol–water partition coefficient (Wildman–Crippen LogP) is 6.19. The molecule has 5 heterocycles. The first-order valence-corrected chi connectivity index (χ1v) is 20.4. The van der Waals surface area contributed by atoms with Gasteiger partial charge in [0, 0.05) is 55.4 Å². The number of aryl methyl sites for hydroxylation is 1. The number of pyridine rings is 1. The number of carbonyl (C=O) groups excluding carboxylic acids is 4. The first kappa shape index (κ1) is 42.6. The van der Waals surface area contributed by atoms with Crippen molar-refractivity contribution in [1.29, 1.82) is 0 Å². The zero-order valence-corrected chi connectivity index (χ0v) is 34.3. The van der Waals surface area contributed by atoms with E-state index in [0.29, 0.717) is 13.1 Å². The Hall–Kier alpha value is -6.03. The van der Waals surface area contributed by atoms with Gasteiger partial charge in [-0.25, -0.2) is 19.6 Å². The van der Waals surface area contributed by atoms with E-state index in [0.717, 1.165) is 101 Å². The third-order valence-corrected chi connectivity index (χ3v) is 10.5. The second-order valence-electron chi connectivity index (χ2n) is 15.1. The number of nitrogens with zero attached hydrogens (tertiary/aromatic N) is 4. The lowest BCUT2D eigenvalue weighted by Crippen LogP contribution is -2.51. The second-order valence-corrected chi connectivity index (χ2v) is 15.1. The van der Waals surface area contributed by atoms with Gasteiger partial charge in [-0.15, -0.1) is 0 Å². The van der Waals surface area contributed by atoms with Crippen LogP contribution in [0, 0.1) is 5.92 Å². The van der Waals surface area contributed by atoms with Crippen molar-refractivity contribution < 1.29 is 33.4 Å². The number of fused-ring (bicyclic) bond motifs is 2. The van der Waals surface area contributed by atoms with E-state index < -0.39 is 18.2 Å². The van der Waals surface area contributed by atoms with Crippen LogP contribution in [0.15, 0.2) is 54.9 Å². The van der Waals surface area contributed by atoms with Gasteiger partial charge < -0.3 is 45.0 Å². The molecule has 2 saturated heterocycles. The van der Waals surface area contributed by atoms with Crippen molar-refractivity contribution in [1.82, 2.24) is 45.8 Å². The van der Waals surface area contributed by atoms with Crippen LogP contribution in [0.5, 0.6) is 0 Å². The van der Waals surface area contributed by atoms with Crippen molar-refractivity contribution in [2.45, 2.75) is 77.3 Å². The molecule has 0 spiro atoms. The molecule has 2 aliphatic heterocycles. The number of hydrogen-bond donors (Lipinski definition) is 5. The maximum absolute atomic E-state index is 13.6. The van der Waals surface area contributed by atoms with Crippen molar-refractivity contribution in [2.75, 3.05) is 47.1 Å². The van der Waals surface area contributed by atoms with E-state index in [-0.39, 0.29) is 30.3 Å². The van der Waals surface area contributed by atoms with E-state index in [2.05, 4.69) is 59.9 Å². The van der Waals surface area contributed by atoms with Gasteiger partial charge in [0.15, 0.2) is 0 Å². The van der Waals surface area contributed by atoms with E-state index in [9.17, 15) is 19.2 Å². The van der Waals surface area contributed by atoms with Crippen LogP contribution in [0.1, 0.15) is 76.5 Å². The van der Waals surface area contributed by atoms with Crippen LogP contribution in [-0.2, 0) is 30.2 Å². The first-order valence-electron chi connectivity index (χ1n) is 20.4. The monoisotopic (exact) mass is 809 g/mol. The number of H-pyrrole nitrogens is 2. The molecule has 5 aromatic rings. The molecular formula is C43H55N9O7. The molecule has 0 saturated carbocycles. The summed E-state index contributed by atoms with van der Waals surface area (Å²) in [6.45, 7) is 6.77. The number of carbonyl (C=O) groups is 4. The molecule has 2 atom stereocenters. The topological polar surface area (TPSA) is 206 Å². The van der Waals surface area contributed by atoms with E-state index in [1.165, 1.54) is 33.5 Å². The van der Waals surface area contributed by atoms with Gasteiger partial charge >= 0.3 is 12.2 Å². The molecule has 0 bridgehead atoms. The molecule has 2 fully saturated rings. The van der Waals surface area contributed by atoms with Crippen LogP contribution < -0.4 is 16.0 Å². The molecule has 5 N–H and O–H groups in total. The van der Waals surface area contributed by atoms with Crippen molar-refractivity contribution in [3.63, 3.8) is 0 Å². The number of ether oxygens (including phenoxy) is 3. The summed E-state index contributed by atoms with van der Waals surface area (Å²) in [5.74, 6) is 1.07. The van der Waals surface area contributed by atoms with Crippen molar-refractivity contribution in [3.8, 4) is 22.5 Å². The third kappa shape index (κ3) is 11.3. The largest absolute Gasteiger partial charge is 0.453 e. The molecule has 2 aliphatic rings. The molecular weight excluding hydrogens is 755 g/mol. The highest BCUT2D eigenvalue weighted by atomic mass is 16.5. The lowest BCUT2D eigenvalue weighted by Gasteiger charge is -2.29. The summed E-state index contributed by atoms with van der Waals surface area (Å²) in [5, 5.41) is 9.87. The molecule has 16 heteroatoms. The number of nitrogens with one attached hydrogen (secondary N) is 5. The van der Waals surface area contributed by atoms with Crippen molar-refractivity contribution in [3.05, 3.63) is 66.5 Å². The van der Waals surface area contributed by atoms with Gasteiger partial charge in [-0.3, -0.25) is 14.6 Å². The Bertz CT molecular complexity index is 2200. The maximum Gasteiger partial charge on any atom is 0.407 e. The van der Waals surface area contributed by atoms with E-state index in [1.807, 2.05) is 49.3 Å². The molecule has 7 rings (SSSR count). The Morgan fingerprint density at radius 3 is 2.39 bits per heavy atom. The number of imidazole rings is 2. The van der Waals surface area contributed by atoms with E-state index >= 15 is 0 Å². The Morgan fingerprint density at radius 1 is 0.864 bits per heavy atom. The summed E-state index contributed by atoms with van der Waals surface area (Å²) >= 11 is 0. The number of amides is 4. The van der Waals surface area contributed by atoms with Gasteiger partial charge in [-0.1, -0.05) is 32.0 Å². The molecule has 314 valence electrons. The van der Waals surface area contributed by atoms with Crippen LogP contribution in [0.2, 0.25) is 0 Å². The standard InChI is InChI=1S/C38H45N9O6.C5H10O/c1-22(2)34(46-38(51)53-4)36(49)47-15-7-8-31(47)35-44-27-13-12-25(18-29(27)45-35)28-17-23-10-11-24(16-26(23)19-40-28)30-20-41-32(43-30)9-5-6-14-39-33(48)21-42-37(50)52-3;1-2-4-6-5-3-1/h10-13,16-20,22,31,34H,5-9,14-15,21H2,1-4H3,(H,39,48)(H,41,43)(H,42,50)(H,44,45)(H,46,51);1-5H2. The number of benzene rings is 2. The minimum Gasteiger partial charge on any atom is -0.453 e. The number of methoxy groups -OCH3 is 2. The minimum absolute atomic E-state index is 0.109. The van der Waals surface area contributed by atoms with Crippen molar-refractivity contribution >= 4 is 45.8 Å². The molecule has 4 amide bonds. The van der Waals surface area contributed by atoms with Crippen LogP contribution in [-0.4, -0.2) is 107 Å². The Kier molecular flexibility index (Phi) is 14.9. The molecule has 3 aromatic heterocycles. The number of likely N-dealkylation sites (tertiary alicyclic amines) is 1. The highest BCUT2D eigenvalue weighted by molar-refractivity contribution is 5.90. The van der Waals surface area contributed by atoms with E-state index in [4.69, 9.17) is 19.4 Å². The molecule has 2 unspecified atom stereocenters. The fourth-order valence-corrected chi connectivity index (χ4v) is 7.26. The number of rotatable bonds is 13. The Balaban J connectivity index is 0.000000894. The lowest BCUT2D eigenvalue weighted by atomic mass is 10.0. The molecule has 0 aliphatic carbocycles. The lowest BCUT2D eigenvalue weighted by molar-refractivity contribution is -0.135. The number of aromatic nitrogens is 5. The SMILES string of the molecule is C1CCOCC1.COC(=O)NCC(=O)NCCCCc1ncc(-c2ccc3cc(-c4ccc5nc(C6CCCN6C(=O)C(NC(=O)OC)C(C)C)[nH]c5c4)ncc3c2)[nH]1. The quantitative estimate of drug-likeness (QED) is 0.0853. The summed E-state index contributed by atoms with van der Waals surface area (Å²) in [5.41, 5.74) is 5.34. The molecule has 59 heavy (non-hydrogen) atoms. The summed E-state index contributed by atoms with van der Waals surface area (Å²) in [4.78, 5) is 71.3. The van der Waals surface area contributed by atoms with E-state index in [1.54, 1.807) is 0 Å². The zero-order chi connectivity index (χ0) is 41.7. The number of aromatic amines is 2. The van der Waals surface area contributed by atoms with Gasteiger partial charge in [0.2, 0.25) is 11.8 Å². The second kappa shape index (κ2) is 20.6. The summed E-state index contributed by atoms with van der Waals surface area (Å²) in [6.07, 6.45) is 10.3. The molecule has 16 nitrogen and oxygen atoms in total. The highest BCUT2D eigenvalue weighted by Crippen LogP contribution is 2.34. The summed E-state index contributed by atoms with van der Waals surface area (Å²) in [7, 11) is 2.54. The van der Waals surface area contributed by atoms with Crippen molar-refractivity contribution in [2.24, 2.45) is 5.92 Å². The fourth-order valence-electron chi connectivity index (χ4n) is 7.26. The normalized spacial score (nSPS) is 15.7. The smallest absolute Gasteiger partial charge is 0.407 e. The molecule has 2 aromatic carbocycles.